The summed E-state index contributed by atoms with van der Waals surface area (Å²) in [4.78, 5) is 17.7. The highest BCUT2D eigenvalue weighted by Crippen LogP contribution is 2.29. The number of fused-ring (bicyclic) bond motifs is 1. The van der Waals surface area contributed by atoms with Crippen molar-refractivity contribution in [2.75, 3.05) is 6.61 Å². The predicted octanol–water partition coefficient (Wildman–Crippen LogP) is 5.43. The van der Waals surface area contributed by atoms with Crippen molar-refractivity contribution in [3.05, 3.63) is 67.7 Å². The molecule has 0 aliphatic rings. The van der Waals surface area contributed by atoms with Gasteiger partial charge in [0.05, 0.1) is 23.7 Å². The largest absolute Gasteiger partial charge is 0.494 e. The van der Waals surface area contributed by atoms with Gasteiger partial charge in [0.2, 0.25) is 0 Å². The summed E-state index contributed by atoms with van der Waals surface area (Å²) in [6, 6.07) is 9.66. The van der Waals surface area contributed by atoms with E-state index < -0.39 is 0 Å². The van der Waals surface area contributed by atoms with Gasteiger partial charge in [-0.25, -0.2) is 4.98 Å². The summed E-state index contributed by atoms with van der Waals surface area (Å²) in [6.45, 7) is 10.9. The molecule has 0 aliphatic carbocycles. The Morgan fingerprint density at radius 2 is 2.00 bits per heavy atom. The first-order chi connectivity index (χ1) is 13.8. The first kappa shape index (κ1) is 21.2. The van der Waals surface area contributed by atoms with E-state index in [2.05, 4.69) is 45.9 Å². The van der Waals surface area contributed by atoms with Gasteiger partial charge in [0.15, 0.2) is 0 Å². The first-order valence-electron chi connectivity index (χ1n) is 9.88. The van der Waals surface area contributed by atoms with Crippen molar-refractivity contribution in [2.24, 2.45) is 5.10 Å². The second kappa shape index (κ2) is 8.91. The van der Waals surface area contributed by atoms with Crippen molar-refractivity contribution < 1.29 is 4.74 Å². The highest BCUT2D eigenvalue weighted by atomic mass is 79.9. The lowest BCUT2D eigenvalue weighted by atomic mass is 9.97. The number of aryl methyl sites for hydroxylation is 2. The molecule has 0 spiro atoms. The van der Waals surface area contributed by atoms with Gasteiger partial charge in [-0.3, -0.25) is 4.79 Å². The molecule has 0 unspecified atom stereocenters. The Kier molecular flexibility index (Phi) is 6.52. The number of benzene rings is 2. The van der Waals surface area contributed by atoms with Gasteiger partial charge < -0.3 is 4.74 Å². The van der Waals surface area contributed by atoms with Gasteiger partial charge in [0, 0.05) is 10.9 Å². The molecule has 0 aliphatic heterocycles. The van der Waals surface area contributed by atoms with Gasteiger partial charge in [0.1, 0.15) is 11.6 Å². The van der Waals surface area contributed by atoms with Gasteiger partial charge >= 0.3 is 0 Å². The van der Waals surface area contributed by atoms with Crippen molar-refractivity contribution in [3.8, 4) is 5.75 Å². The predicted molar refractivity (Wildman–Crippen MR) is 123 cm³/mol. The van der Waals surface area contributed by atoms with Crippen LogP contribution in [0.5, 0.6) is 5.75 Å². The summed E-state index contributed by atoms with van der Waals surface area (Å²) in [5.41, 5.74) is 3.64. The fourth-order valence-electron chi connectivity index (χ4n) is 3.25. The Bertz CT molecular complexity index is 1130. The fraction of sp³-hybridized carbons (Fsp3) is 0.348. The normalized spacial score (nSPS) is 11.7. The van der Waals surface area contributed by atoms with E-state index in [1.165, 1.54) is 4.68 Å². The number of hydrogen-bond donors (Lipinski definition) is 0. The molecule has 5 nitrogen and oxygen atoms in total. The third-order valence-corrected chi connectivity index (χ3v) is 5.32. The Balaban J connectivity index is 2.12. The third kappa shape index (κ3) is 4.42. The van der Waals surface area contributed by atoms with Crippen molar-refractivity contribution in [2.45, 2.75) is 47.0 Å². The van der Waals surface area contributed by atoms with E-state index in [0.29, 0.717) is 35.7 Å². The van der Waals surface area contributed by atoms with Crippen LogP contribution in [0.3, 0.4) is 0 Å². The number of aromatic nitrogens is 2. The molecule has 0 saturated carbocycles. The topological polar surface area (TPSA) is 56.5 Å². The number of rotatable bonds is 6. The zero-order valence-corrected chi connectivity index (χ0v) is 19.1. The van der Waals surface area contributed by atoms with Gasteiger partial charge in [-0.15, -0.1) is 0 Å². The van der Waals surface area contributed by atoms with E-state index in [4.69, 9.17) is 4.74 Å². The molecule has 0 radical (unpaired) electrons. The van der Waals surface area contributed by atoms with E-state index in [1.54, 1.807) is 12.3 Å². The van der Waals surface area contributed by atoms with Crippen molar-refractivity contribution in [3.63, 3.8) is 0 Å². The quantitative estimate of drug-likeness (QED) is 0.465. The van der Waals surface area contributed by atoms with Crippen LogP contribution in [0.1, 0.15) is 56.1 Å². The Labute approximate surface area is 179 Å². The molecular formula is C23H26BrN3O2. The van der Waals surface area contributed by atoms with E-state index in [0.717, 1.165) is 26.9 Å². The molecule has 0 N–H and O–H groups in total. The number of ether oxygens (including phenoxy) is 1. The minimum Gasteiger partial charge on any atom is -0.494 e. The van der Waals surface area contributed by atoms with Crippen LogP contribution in [0.2, 0.25) is 0 Å². The molecule has 0 bridgehead atoms. The van der Waals surface area contributed by atoms with Crippen LogP contribution in [0.15, 0.2) is 44.7 Å². The standard InChI is InChI=1S/C23H26BrN3O2/c1-6-22-26-20-9-8-17(24)12-19(20)23(28)27(22)25-13-16-11-18(14(3)4)21(29-7-2)10-15(16)5/h8-14H,6-7H2,1-5H3. The summed E-state index contributed by atoms with van der Waals surface area (Å²) in [7, 11) is 0. The third-order valence-electron chi connectivity index (χ3n) is 4.82. The smallest absolute Gasteiger partial charge is 0.282 e. The first-order valence-corrected chi connectivity index (χ1v) is 10.7. The van der Waals surface area contributed by atoms with Crippen LogP contribution < -0.4 is 10.3 Å². The van der Waals surface area contributed by atoms with Crippen LogP contribution in [-0.4, -0.2) is 22.5 Å². The SMILES string of the molecule is CCOc1cc(C)c(C=Nn2c(CC)nc3ccc(Br)cc3c2=O)cc1C(C)C. The lowest BCUT2D eigenvalue weighted by Gasteiger charge is -2.16. The number of halogens is 1. The Morgan fingerprint density at radius 3 is 2.66 bits per heavy atom. The van der Waals surface area contributed by atoms with Gasteiger partial charge in [0.25, 0.3) is 5.56 Å². The molecule has 1 aromatic heterocycles. The fourth-order valence-corrected chi connectivity index (χ4v) is 3.61. The summed E-state index contributed by atoms with van der Waals surface area (Å²) >= 11 is 3.43. The minimum absolute atomic E-state index is 0.169. The van der Waals surface area contributed by atoms with Crippen molar-refractivity contribution in [1.29, 1.82) is 0 Å². The highest BCUT2D eigenvalue weighted by Gasteiger charge is 2.12. The average molecular weight is 456 g/mol. The second-order valence-corrected chi connectivity index (χ2v) is 8.15. The van der Waals surface area contributed by atoms with E-state index >= 15 is 0 Å². The van der Waals surface area contributed by atoms with E-state index in [-0.39, 0.29) is 5.56 Å². The molecule has 3 aromatic rings. The zero-order chi connectivity index (χ0) is 21.1. The molecule has 29 heavy (non-hydrogen) atoms. The average Bonchev–Trinajstić information content (AvgIpc) is 2.68. The van der Waals surface area contributed by atoms with Gasteiger partial charge in [-0.1, -0.05) is 36.7 Å². The number of hydrogen-bond acceptors (Lipinski definition) is 4. The van der Waals surface area contributed by atoms with Gasteiger partial charge in [-0.05, 0) is 66.8 Å². The number of nitrogens with zero attached hydrogens (tertiary/aromatic N) is 3. The van der Waals surface area contributed by atoms with Crippen LogP contribution in [0, 0.1) is 6.92 Å². The zero-order valence-electron chi connectivity index (χ0n) is 17.5. The van der Waals surface area contributed by atoms with Crippen LogP contribution in [0.25, 0.3) is 10.9 Å². The summed E-state index contributed by atoms with van der Waals surface area (Å²) in [6.07, 6.45) is 2.35. The maximum Gasteiger partial charge on any atom is 0.282 e. The molecule has 0 saturated heterocycles. The maximum atomic E-state index is 13.0. The molecule has 152 valence electrons. The van der Waals surface area contributed by atoms with E-state index in [1.807, 2.05) is 39.0 Å². The molecule has 0 atom stereocenters. The molecule has 3 rings (SSSR count). The lowest BCUT2D eigenvalue weighted by Crippen LogP contribution is -2.22. The van der Waals surface area contributed by atoms with Crippen molar-refractivity contribution >= 4 is 33.0 Å². The molecule has 2 aromatic carbocycles. The molecule has 0 fully saturated rings. The van der Waals surface area contributed by atoms with Crippen LogP contribution in [0.4, 0.5) is 0 Å². The monoisotopic (exact) mass is 455 g/mol. The maximum absolute atomic E-state index is 13.0. The van der Waals surface area contributed by atoms with Crippen LogP contribution >= 0.6 is 15.9 Å². The molecule has 0 amide bonds. The molecule has 1 heterocycles. The Hall–Kier alpha value is -2.47. The summed E-state index contributed by atoms with van der Waals surface area (Å²) < 4.78 is 8.04. The second-order valence-electron chi connectivity index (χ2n) is 7.24. The van der Waals surface area contributed by atoms with Gasteiger partial charge in [-0.2, -0.15) is 9.78 Å². The van der Waals surface area contributed by atoms with E-state index in [9.17, 15) is 4.79 Å². The minimum atomic E-state index is -0.169. The molecule has 6 heteroatoms. The lowest BCUT2D eigenvalue weighted by molar-refractivity contribution is 0.335. The summed E-state index contributed by atoms with van der Waals surface area (Å²) in [5.74, 6) is 1.85. The van der Waals surface area contributed by atoms with Crippen molar-refractivity contribution in [1.82, 2.24) is 9.66 Å². The van der Waals surface area contributed by atoms with Crippen LogP contribution in [-0.2, 0) is 6.42 Å². The molecular weight excluding hydrogens is 430 g/mol. The Morgan fingerprint density at radius 1 is 1.24 bits per heavy atom. The summed E-state index contributed by atoms with van der Waals surface area (Å²) in [5, 5.41) is 5.07. The highest BCUT2D eigenvalue weighted by molar-refractivity contribution is 9.10.